The number of nitrogens with zero attached hydrogens (tertiary/aromatic N) is 4. The van der Waals surface area contributed by atoms with Crippen molar-refractivity contribution >= 4 is 50.9 Å². The van der Waals surface area contributed by atoms with Crippen LogP contribution in [0.3, 0.4) is 0 Å². The number of hydrogen-bond donors (Lipinski definition) is 1. The minimum absolute atomic E-state index is 0.0877. The summed E-state index contributed by atoms with van der Waals surface area (Å²) in [6.45, 7) is 2.02. The maximum atomic E-state index is 12.2. The van der Waals surface area contributed by atoms with Crippen molar-refractivity contribution in [1.29, 1.82) is 0 Å². The summed E-state index contributed by atoms with van der Waals surface area (Å²) < 4.78 is 2.04. The largest absolute Gasteiger partial charge is 0.356 e. The highest BCUT2D eigenvalue weighted by molar-refractivity contribution is 8.01. The van der Waals surface area contributed by atoms with Crippen molar-refractivity contribution in [2.75, 3.05) is 29.1 Å². The van der Waals surface area contributed by atoms with Crippen molar-refractivity contribution in [3.05, 3.63) is 36.7 Å². The Kier molecular flexibility index (Phi) is 4.80. The van der Waals surface area contributed by atoms with E-state index in [4.69, 9.17) is 0 Å². The van der Waals surface area contributed by atoms with Crippen LogP contribution in [0.5, 0.6) is 0 Å². The van der Waals surface area contributed by atoms with Gasteiger partial charge in [0.05, 0.1) is 16.0 Å². The Morgan fingerprint density at radius 3 is 2.92 bits per heavy atom. The van der Waals surface area contributed by atoms with E-state index in [1.165, 1.54) is 30.9 Å². The Morgan fingerprint density at radius 2 is 2.08 bits per heavy atom. The van der Waals surface area contributed by atoms with Crippen molar-refractivity contribution in [3.8, 4) is 0 Å². The number of para-hydroxylation sites is 1. The molecule has 4 rings (SSSR count). The molecule has 0 radical (unpaired) electrons. The molecule has 8 heteroatoms. The SMILES string of the molecule is O=C(CSc1nc2ccccc2s1)Nc1cc(N2CCCC2)ncn1. The normalized spacial score (nSPS) is 14.2. The van der Waals surface area contributed by atoms with Gasteiger partial charge in [-0.2, -0.15) is 0 Å². The highest BCUT2D eigenvalue weighted by Gasteiger charge is 2.15. The Morgan fingerprint density at radius 1 is 1.24 bits per heavy atom. The lowest BCUT2D eigenvalue weighted by molar-refractivity contribution is -0.113. The molecule has 0 aliphatic carbocycles. The number of thioether (sulfide) groups is 1. The van der Waals surface area contributed by atoms with Crippen LogP contribution in [0.4, 0.5) is 11.6 Å². The van der Waals surface area contributed by atoms with E-state index in [-0.39, 0.29) is 5.91 Å². The first kappa shape index (κ1) is 16.3. The summed E-state index contributed by atoms with van der Waals surface area (Å²) in [5.74, 6) is 1.65. The first-order valence-corrected chi connectivity index (χ1v) is 9.93. The van der Waals surface area contributed by atoms with Crippen molar-refractivity contribution < 1.29 is 4.79 Å². The molecule has 128 valence electrons. The minimum atomic E-state index is -0.0877. The third-order valence-electron chi connectivity index (χ3n) is 3.95. The molecule has 3 heterocycles. The highest BCUT2D eigenvalue weighted by atomic mass is 32.2. The summed E-state index contributed by atoms with van der Waals surface area (Å²) in [5.41, 5.74) is 0.974. The Balaban J connectivity index is 1.36. The molecule has 1 aromatic carbocycles. The molecule has 3 aromatic rings. The van der Waals surface area contributed by atoms with Crippen LogP contribution in [0.15, 0.2) is 41.0 Å². The molecule has 1 saturated heterocycles. The number of nitrogens with one attached hydrogen (secondary N) is 1. The lowest BCUT2D eigenvalue weighted by atomic mass is 10.3. The van der Waals surface area contributed by atoms with Crippen LogP contribution in [-0.4, -0.2) is 39.7 Å². The summed E-state index contributed by atoms with van der Waals surface area (Å²) in [5, 5.41) is 2.85. The zero-order valence-electron chi connectivity index (χ0n) is 13.5. The Bertz CT molecular complexity index is 858. The van der Waals surface area contributed by atoms with Crippen LogP contribution in [0.2, 0.25) is 0 Å². The summed E-state index contributed by atoms with van der Waals surface area (Å²) in [4.78, 5) is 27.4. The van der Waals surface area contributed by atoms with E-state index in [9.17, 15) is 4.79 Å². The predicted octanol–water partition coefficient (Wildman–Crippen LogP) is 3.42. The molecule has 0 atom stereocenters. The second-order valence-electron chi connectivity index (χ2n) is 5.74. The quantitative estimate of drug-likeness (QED) is 0.693. The molecular weight excluding hydrogens is 354 g/mol. The maximum absolute atomic E-state index is 12.2. The van der Waals surface area contributed by atoms with Crippen molar-refractivity contribution in [2.24, 2.45) is 0 Å². The fraction of sp³-hybridized carbons (Fsp3) is 0.294. The molecule has 1 aliphatic rings. The second kappa shape index (κ2) is 7.37. The van der Waals surface area contributed by atoms with E-state index in [1.54, 1.807) is 11.3 Å². The average molecular weight is 371 g/mol. The van der Waals surface area contributed by atoms with Gasteiger partial charge in [0.2, 0.25) is 5.91 Å². The number of aromatic nitrogens is 3. The molecule has 1 aliphatic heterocycles. The number of carbonyl (C=O) groups is 1. The van der Waals surface area contributed by atoms with Crippen LogP contribution in [0.25, 0.3) is 10.2 Å². The van der Waals surface area contributed by atoms with E-state index < -0.39 is 0 Å². The Hall–Kier alpha value is -2.19. The highest BCUT2D eigenvalue weighted by Crippen LogP contribution is 2.29. The molecule has 1 fully saturated rings. The number of hydrogen-bond acceptors (Lipinski definition) is 7. The van der Waals surface area contributed by atoms with Gasteiger partial charge in [0.25, 0.3) is 0 Å². The van der Waals surface area contributed by atoms with Crippen LogP contribution in [0.1, 0.15) is 12.8 Å². The van der Waals surface area contributed by atoms with E-state index in [1.807, 2.05) is 30.3 Å². The molecule has 0 bridgehead atoms. The summed E-state index contributed by atoms with van der Waals surface area (Å²) in [6.07, 6.45) is 3.87. The van der Waals surface area contributed by atoms with Gasteiger partial charge in [0.1, 0.15) is 18.0 Å². The third-order valence-corrected chi connectivity index (χ3v) is 6.13. The predicted molar refractivity (Wildman–Crippen MR) is 102 cm³/mol. The van der Waals surface area contributed by atoms with Crippen LogP contribution in [-0.2, 0) is 4.79 Å². The summed E-state index contributed by atoms with van der Waals surface area (Å²) >= 11 is 3.05. The van der Waals surface area contributed by atoms with E-state index in [2.05, 4.69) is 25.2 Å². The van der Waals surface area contributed by atoms with Crippen molar-refractivity contribution in [3.63, 3.8) is 0 Å². The topological polar surface area (TPSA) is 71.0 Å². The molecule has 6 nitrogen and oxygen atoms in total. The van der Waals surface area contributed by atoms with Gasteiger partial charge in [0, 0.05) is 19.2 Å². The van der Waals surface area contributed by atoms with Gasteiger partial charge in [-0.05, 0) is 25.0 Å². The van der Waals surface area contributed by atoms with Crippen LogP contribution in [0, 0.1) is 0 Å². The molecule has 25 heavy (non-hydrogen) atoms. The lowest BCUT2D eigenvalue weighted by Crippen LogP contribution is -2.20. The lowest BCUT2D eigenvalue weighted by Gasteiger charge is -2.16. The zero-order chi connectivity index (χ0) is 17.1. The zero-order valence-corrected chi connectivity index (χ0v) is 15.1. The fourth-order valence-corrected chi connectivity index (χ4v) is 4.62. The molecule has 2 aromatic heterocycles. The number of rotatable bonds is 5. The van der Waals surface area contributed by atoms with Gasteiger partial charge in [-0.3, -0.25) is 4.79 Å². The molecule has 0 unspecified atom stereocenters. The van der Waals surface area contributed by atoms with E-state index >= 15 is 0 Å². The first-order valence-electron chi connectivity index (χ1n) is 8.13. The second-order valence-corrected chi connectivity index (χ2v) is 7.99. The van der Waals surface area contributed by atoms with Gasteiger partial charge in [-0.1, -0.05) is 23.9 Å². The summed E-state index contributed by atoms with van der Waals surface area (Å²) in [6, 6.07) is 9.82. The molecule has 1 N–H and O–H groups in total. The molecular formula is C17H17N5OS2. The van der Waals surface area contributed by atoms with Gasteiger partial charge in [-0.25, -0.2) is 15.0 Å². The fourth-order valence-electron chi connectivity index (χ4n) is 2.75. The number of carbonyl (C=O) groups excluding carboxylic acids is 1. The first-order chi connectivity index (χ1) is 12.3. The number of amides is 1. The van der Waals surface area contributed by atoms with E-state index in [0.717, 1.165) is 33.5 Å². The number of anilines is 2. The van der Waals surface area contributed by atoms with Gasteiger partial charge in [-0.15, -0.1) is 11.3 Å². The van der Waals surface area contributed by atoms with Gasteiger partial charge >= 0.3 is 0 Å². The molecule has 0 saturated carbocycles. The number of benzene rings is 1. The van der Waals surface area contributed by atoms with Crippen molar-refractivity contribution in [2.45, 2.75) is 17.2 Å². The molecule has 0 spiro atoms. The third kappa shape index (κ3) is 3.91. The number of thiazole rings is 1. The van der Waals surface area contributed by atoms with Crippen molar-refractivity contribution in [1.82, 2.24) is 15.0 Å². The van der Waals surface area contributed by atoms with E-state index in [0.29, 0.717) is 11.6 Å². The standard InChI is InChI=1S/C17H17N5OS2/c23-16(10-24-17-20-12-5-1-2-6-13(12)25-17)21-14-9-15(19-11-18-14)22-7-3-4-8-22/h1-2,5-6,9,11H,3-4,7-8,10H2,(H,18,19,21,23). The smallest absolute Gasteiger partial charge is 0.235 e. The van der Waals surface area contributed by atoms with Crippen LogP contribution < -0.4 is 10.2 Å². The van der Waals surface area contributed by atoms with Gasteiger partial charge in [0.15, 0.2) is 4.34 Å². The van der Waals surface area contributed by atoms with Gasteiger partial charge < -0.3 is 10.2 Å². The number of fused-ring (bicyclic) bond motifs is 1. The Labute approximate surface area is 153 Å². The van der Waals surface area contributed by atoms with Crippen LogP contribution >= 0.6 is 23.1 Å². The maximum Gasteiger partial charge on any atom is 0.235 e. The monoisotopic (exact) mass is 371 g/mol. The summed E-state index contributed by atoms with van der Waals surface area (Å²) in [7, 11) is 0. The molecule has 1 amide bonds. The average Bonchev–Trinajstić information content (AvgIpc) is 3.29. The minimum Gasteiger partial charge on any atom is -0.356 e.